The maximum atomic E-state index is 9.81. The summed E-state index contributed by atoms with van der Waals surface area (Å²) in [5.41, 5.74) is 0. The van der Waals surface area contributed by atoms with Crippen molar-refractivity contribution in [2.24, 2.45) is 0 Å². The lowest BCUT2D eigenvalue weighted by Gasteiger charge is -2.27. The summed E-state index contributed by atoms with van der Waals surface area (Å²) in [4.78, 5) is 16.0. The van der Waals surface area contributed by atoms with Crippen LogP contribution in [0.3, 0.4) is 0 Å². The van der Waals surface area contributed by atoms with Crippen molar-refractivity contribution in [1.29, 1.82) is 0 Å². The van der Waals surface area contributed by atoms with Crippen molar-refractivity contribution in [2.45, 2.75) is 27.7 Å². The number of hydrogen-bond acceptors (Lipinski definition) is 10. The van der Waals surface area contributed by atoms with Gasteiger partial charge in [0.1, 0.15) is 0 Å². The molecule has 15 heteroatoms. The zero-order chi connectivity index (χ0) is 20.0. The third-order valence-electron chi connectivity index (χ3n) is 1.71. The molecule has 0 unspecified atom stereocenters. The van der Waals surface area contributed by atoms with Gasteiger partial charge in [-0.05, 0) is 51.3 Å². The minimum absolute atomic E-state index is 0. The van der Waals surface area contributed by atoms with Crippen LogP contribution in [0.2, 0.25) is 0 Å². The topological polar surface area (TPSA) is 148 Å². The monoisotopic (exact) mass is 477 g/mol. The number of phosphoric ester groups is 1. The van der Waals surface area contributed by atoms with Crippen molar-refractivity contribution in [3.63, 3.8) is 0 Å². The highest BCUT2D eigenvalue weighted by atomic mass is 32.5. The van der Waals surface area contributed by atoms with E-state index in [1.807, 2.05) is 27.7 Å². The Kier molecular flexibility index (Phi) is 20.5. The standard InChI is InChI=1S/C8H20O5P2S2.C3H7O4P.H3N/c1-5-9-14(16,10-6-2)13-15(17,11-7-3)12-8-4;1-2-3-7-8(4,5)6;/h5-8H2,1-4H3;2H,1,3H2,(H2,4,5,6);1H3. The molecule has 0 heterocycles. The van der Waals surface area contributed by atoms with E-state index in [1.54, 1.807) is 0 Å². The Morgan fingerprint density at radius 2 is 1.15 bits per heavy atom. The zero-order valence-electron chi connectivity index (χ0n) is 15.4. The van der Waals surface area contributed by atoms with Crippen LogP contribution < -0.4 is 6.15 Å². The van der Waals surface area contributed by atoms with Gasteiger partial charge in [0, 0.05) is 0 Å². The lowest BCUT2D eigenvalue weighted by Crippen LogP contribution is -2.03. The molecule has 0 radical (unpaired) electrons. The van der Waals surface area contributed by atoms with Gasteiger partial charge in [0.15, 0.2) is 0 Å². The molecule has 0 atom stereocenters. The van der Waals surface area contributed by atoms with Gasteiger partial charge >= 0.3 is 21.3 Å². The van der Waals surface area contributed by atoms with Crippen molar-refractivity contribution in [3.05, 3.63) is 12.7 Å². The fourth-order valence-corrected chi connectivity index (χ4v) is 7.75. The van der Waals surface area contributed by atoms with Crippen molar-refractivity contribution >= 4 is 44.9 Å². The normalized spacial score (nSPS) is 11.9. The van der Waals surface area contributed by atoms with Crippen molar-refractivity contribution in [3.8, 4) is 0 Å². The molecule has 0 saturated carbocycles. The Morgan fingerprint density at radius 3 is 1.31 bits per heavy atom. The van der Waals surface area contributed by atoms with Gasteiger partial charge in [-0.15, -0.1) is 6.58 Å². The first-order valence-corrected chi connectivity index (χ1v) is 14.0. The van der Waals surface area contributed by atoms with Gasteiger partial charge in [-0.3, -0.25) is 4.52 Å². The van der Waals surface area contributed by atoms with Gasteiger partial charge in [0.2, 0.25) is 0 Å². The van der Waals surface area contributed by atoms with Crippen LogP contribution in [-0.4, -0.2) is 42.8 Å². The summed E-state index contributed by atoms with van der Waals surface area (Å²) in [6.07, 6.45) is 1.26. The highest BCUT2D eigenvalue weighted by Gasteiger charge is 2.31. The minimum atomic E-state index is -4.25. The SMILES string of the molecule is C=CCOP(=O)(O)O.CCOP(=S)(OCC)OP(=S)(OCC)OCC.N. The fraction of sp³-hybridized carbons (Fsp3) is 0.818. The summed E-state index contributed by atoms with van der Waals surface area (Å²) in [5.74, 6) is 0. The van der Waals surface area contributed by atoms with Crippen LogP contribution in [0, 0.1) is 0 Å². The maximum absolute atomic E-state index is 9.81. The fourth-order valence-electron chi connectivity index (χ4n) is 1.07. The Bertz CT molecular complexity index is 455. The van der Waals surface area contributed by atoms with E-state index in [2.05, 4.69) is 11.1 Å². The van der Waals surface area contributed by atoms with E-state index < -0.39 is 21.3 Å². The zero-order valence-corrected chi connectivity index (χ0v) is 19.8. The quantitative estimate of drug-likeness (QED) is 0.260. The second kappa shape index (κ2) is 16.8. The first-order valence-electron chi connectivity index (χ1n) is 7.31. The number of phosphoric acid groups is 1. The van der Waals surface area contributed by atoms with Crippen LogP contribution >= 0.6 is 21.3 Å². The second-order valence-corrected chi connectivity index (χ2v) is 11.1. The molecular formula is C11H30NO9P3S2. The molecule has 0 saturated heterocycles. The molecule has 0 aliphatic heterocycles. The van der Waals surface area contributed by atoms with Crippen molar-refractivity contribution < 1.29 is 41.3 Å². The summed E-state index contributed by atoms with van der Waals surface area (Å²) in [6, 6.07) is 0. The summed E-state index contributed by atoms with van der Waals surface area (Å²) < 4.78 is 40.7. The van der Waals surface area contributed by atoms with Crippen molar-refractivity contribution in [2.75, 3.05) is 33.0 Å². The Morgan fingerprint density at radius 1 is 0.846 bits per heavy atom. The molecule has 0 fully saturated rings. The first kappa shape index (κ1) is 31.6. The van der Waals surface area contributed by atoms with E-state index in [4.69, 9.17) is 55.8 Å². The molecule has 0 aromatic heterocycles. The van der Waals surface area contributed by atoms with E-state index in [0.29, 0.717) is 26.4 Å². The molecule has 26 heavy (non-hydrogen) atoms. The Hall–Kier alpha value is 0.910. The molecule has 5 N–H and O–H groups in total. The summed E-state index contributed by atoms with van der Waals surface area (Å²) in [6.45, 7) is 6.16. The highest BCUT2D eigenvalue weighted by Crippen LogP contribution is 2.66. The van der Waals surface area contributed by atoms with Gasteiger partial charge in [-0.1, -0.05) is 6.08 Å². The maximum Gasteiger partial charge on any atom is 0.469 e. The van der Waals surface area contributed by atoms with Crippen LogP contribution in [0.1, 0.15) is 27.7 Å². The largest absolute Gasteiger partial charge is 0.469 e. The van der Waals surface area contributed by atoms with Gasteiger partial charge in [-0.2, -0.15) is 0 Å². The first-order chi connectivity index (χ1) is 11.5. The van der Waals surface area contributed by atoms with Crippen LogP contribution in [0.25, 0.3) is 0 Å². The van der Waals surface area contributed by atoms with E-state index >= 15 is 0 Å². The molecule has 160 valence electrons. The summed E-state index contributed by atoms with van der Waals surface area (Å²) in [7, 11) is -4.25. The molecule has 0 aliphatic carbocycles. The smallest absolute Gasteiger partial charge is 0.344 e. The Labute approximate surface area is 165 Å². The predicted molar refractivity (Wildman–Crippen MR) is 109 cm³/mol. The lowest BCUT2D eigenvalue weighted by molar-refractivity contribution is 0.176. The molecule has 0 spiro atoms. The average molecular weight is 477 g/mol. The van der Waals surface area contributed by atoms with Crippen LogP contribution in [0.4, 0.5) is 0 Å². The molecule has 0 bridgehead atoms. The van der Waals surface area contributed by atoms with Crippen LogP contribution in [0.5, 0.6) is 0 Å². The van der Waals surface area contributed by atoms with Crippen molar-refractivity contribution in [1.82, 2.24) is 6.15 Å². The molecule has 10 nitrogen and oxygen atoms in total. The average Bonchev–Trinajstić information content (AvgIpc) is 2.45. The van der Waals surface area contributed by atoms with E-state index in [0.717, 1.165) is 0 Å². The van der Waals surface area contributed by atoms with E-state index in [9.17, 15) is 4.57 Å². The molecule has 0 aliphatic rings. The second-order valence-electron chi connectivity index (χ2n) is 3.72. The minimum Gasteiger partial charge on any atom is -0.344 e. The van der Waals surface area contributed by atoms with Gasteiger partial charge in [0.05, 0.1) is 33.0 Å². The van der Waals surface area contributed by atoms with Crippen LogP contribution in [-0.2, 0) is 55.1 Å². The third kappa shape index (κ3) is 18.3. The van der Waals surface area contributed by atoms with E-state index in [-0.39, 0.29) is 12.8 Å². The molecule has 0 aromatic rings. The van der Waals surface area contributed by atoms with Gasteiger partial charge < -0.3 is 34.0 Å². The lowest BCUT2D eigenvalue weighted by atomic mass is 10.7. The summed E-state index contributed by atoms with van der Waals surface area (Å²) >= 11 is 10.4. The number of hydrogen-bond donors (Lipinski definition) is 3. The summed E-state index contributed by atoms with van der Waals surface area (Å²) in [5, 5.41) is 0. The molecule has 0 amide bonds. The van der Waals surface area contributed by atoms with Gasteiger partial charge in [-0.25, -0.2) is 8.88 Å². The van der Waals surface area contributed by atoms with Crippen LogP contribution in [0.15, 0.2) is 12.7 Å². The molecular weight excluding hydrogens is 447 g/mol. The van der Waals surface area contributed by atoms with Gasteiger partial charge in [0.25, 0.3) is 0 Å². The number of rotatable bonds is 13. The Balaban J connectivity index is -0.000000498. The predicted octanol–water partition coefficient (Wildman–Crippen LogP) is 4.04. The molecule has 0 aromatic carbocycles. The highest BCUT2D eigenvalue weighted by molar-refractivity contribution is 8.14. The molecule has 0 rings (SSSR count). The third-order valence-corrected chi connectivity index (χ3v) is 8.56. The van der Waals surface area contributed by atoms with E-state index in [1.165, 1.54) is 6.08 Å².